The van der Waals surface area contributed by atoms with E-state index >= 15 is 0 Å². The summed E-state index contributed by atoms with van der Waals surface area (Å²) in [7, 11) is 3.39. The molecule has 152 valence electrons. The second-order valence-electron chi connectivity index (χ2n) is 7.44. The molecule has 0 saturated heterocycles. The second kappa shape index (κ2) is 9.02. The normalized spacial score (nSPS) is 12.0. The molecule has 1 atom stereocenters. The van der Waals surface area contributed by atoms with Crippen LogP contribution in [0.25, 0.3) is 21.9 Å². The summed E-state index contributed by atoms with van der Waals surface area (Å²) in [5, 5.41) is 6.25. The second-order valence-corrected chi connectivity index (χ2v) is 7.44. The van der Waals surface area contributed by atoms with Crippen LogP contribution in [0.3, 0.4) is 0 Å². The molecule has 3 nitrogen and oxygen atoms in total. The highest BCUT2D eigenvalue weighted by molar-refractivity contribution is 5.86. The maximum atomic E-state index is 5.61. The first kappa shape index (κ1) is 20.0. The Kier molecular flexibility index (Phi) is 6.01. The predicted octanol–water partition coefficient (Wildman–Crippen LogP) is 6.37. The molecule has 0 saturated carbocycles. The number of ether oxygens (including phenoxy) is 2. The first-order chi connectivity index (χ1) is 14.7. The number of methoxy groups -OCH3 is 2. The van der Waals surface area contributed by atoms with Crippen molar-refractivity contribution in [3.05, 3.63) is 96.1 Å². The summed E-state index contributed by atoms with van der Waals surface area (Å²) in [5.74, 6) is 1.69. The minimum atomic E-state index is 0.235. The standard InChI is InChI=1S/C27H27NO2/c1-19(24-13-7-9-21-8-4-5-12-25(21)24)28-18-20-14-15-27(30-3)26(16-20)22-10-6-11-23(17-22)29-2/h4-17,19,28H,18H2,1-3H3. The van der Waals surface area contributed by atoms with Crippen LogP contribution in [0.1, 0.15) is 24.1 Å². The van der Waals surface area contributed by atoms with Gasteiger partial charge in [0.15, 0.2) is 0 Å². The molecule has 0 amide bonds. The van der Waals surface area contributed by atoms with E-state index in [1.807, 2.05) is 24.3 Å². The summed E-state index contributed by atoms with van der Waals surface area (Å²) in [6.07, 6.45) is 0. The van der Waals surface area contributed by atoms with Gasteiger partial charge in [-0.05, 0) is 58.7 Å². The van der Waals surface area contributed by atoms with E-state index in [4.69, 9.17) is 9.47 Å². The first-order valence-corrected chi connectivity index (χ1v) is 10.2. The smallest absolute Gasteiger partial charge is 0.126 e. The highest BCUT2D eigenvalue weighted by Crippen LogP contribution is 2.33. The summed E-state index contributed by atoms with van der Waals surface area (Å²) >= 11 is 0. The van der Waals surface area contributed by atoms with Crippen molar-refractivity contribution < 1.29 is 9.47 Å². The molecule has 30 heavy (non-hydrogen) atoms. The van der Waals surface area contributed by atoms with Gasteiger partial charge in [-0.1, -0.05) is 60.7 Å². The Morgan fingerprint density at radius 3 is 2.43 bits per heavy atom. The molecule has 4 aromatic carbocycles. The molecule has 0 aliphatic carbocycles. The topological polar surface area (TPSA) is 30.5 Å². The third-order valence-electron chi connectivity index (χ3n) is 5.55. The molecular weight excluding hydrogens is 370 g/mol. The van der Waals surface area contributed by atoms with Crippen LogP contribution >= 0.6 is 0 Å². The van der Waals surface area contributed by atoms with Gasteiger partial charge in [0.1, 0.15) is 11.5 Å². The predicted molar refractivity (Wildman–Crippen MR) is 124 cm³/mol. The van der Waals surface area contributed by atoms with Gasteiger partial charge in [0.05, 0.1) is 14.2 Å². The van der Waals surface area contributed by atoms with Crippen molar-refractivity contribution in [1.29, 1.82) is 0 Å². The third kappa shape index (κ3) is 4.17. The highest BCUT2D eigenvalue weighted by atomic mass is 16.5. The summed E-state index contributed by atoms with van der Waals surface area (Å²) in [6, 6.07) is 29.7. The Morgan fingerprint density at radius 2 is 1.60 bits per heavy atom. The molecule has 4 aromatic rings. The van der Waals surface area contributed by atoms with E-state index in [1.165, 1.54) is 21.9 Å². The summed E-state index contributed by atoms with van der Waals surface area (Å²) < 4.78 is 11.0. The van der Waals surface area contributed by atoms with Crippen molar-refractivity contribution >= 4 is 10.8 Å². The zero-order valence-electron chi connectivity index (χ0n) is 17.7. The Morgan fingerprint density at radius 1 is 0.800 bits per heavy atom. The summed E-state index contributed by atoms with van der Waals surface area (Å²) in [4.78, 5) is 0. The van der Waals surface area contributed by atoms with E-state index in [2.05, 4.69) is 72.9 Å². The molecule has 0 spiro atoms. The van der Waals surface area contributed by atoms with Crippen LogP contribution in [-0.4, -0.2) is 14.2 Å². The maximum absolute atomic E-state index is 5.61. The Hall–Kier alpha value is -3.30. The number of benzene rings is 4. The lowest BCUT2D eigenvalue weighted by molar-refractivity contribution is 0.413. The van der Waals surface area contributed by atoms with Gasteiger partial charge in [-0.25, -0.2) is 0 Å². The number of fused-ring (bicyclic) bond motifs is 1. The first-order valence-electron chi connectivity index (χ1n) is 10.2. The van der Waals surface area contributed by atoms with Crippen LogP contribution in [0.5, 0.6) is 11.5 Å². The van der Waals surface area contributed by atoms with Crippen molar-refractivity contribution in [2.24, 2.45) is 0 Å². The van der Waals surface area contributed by atoms with E-state index in [9.17, 15) is 0 Å². The largest absolute Gasteiger partial charge is 0.497 e. The maximum Gasteiger partial charge on any atom is 0.126 e. The molecule has 1 N–H and O–H groups in total. The van der Waals surface area contributed by atoms with E-state index in [0.717, 1.165) is 29.2 Å². The van der Waals surface area contributed by atoms with Crippen molar-refractivity contribution in [2.45, 2.75) is 19.5 Å². The van der Waals surface area contributed by atoms with Crippen molar-refractivity contribution in [2.75, 3.05) is 14.2 Å². The van der Waals surface area contributed by atoms with Gasteiger partial charge in [0, 0.05) is 18.2 Å². The van der Waals surface area contributed by atoms with Crippen LogP contribution in [-0.2, 0) is 6.54 Å². The number of nitrogens with one attached hydrogen (secondary N) is 1. The van der Waals surface area contributed by atoms with Gasteiger partial charge >= 0.3 is 0 Å². The number of rotatable bonds is 7. The molecule has 0 radical (unpaired) electrons. The molecule has 0 heterocycles. The third-order valence-corrected chi connectivity index (χ3v) is 5.55. The average Bonchev–Trinajstić information content (AvgIpc) is 2.82. The van der Waals surface area contributed by atoms with Gasteiger partial charge in [0.25, 0.3) is 0 Å². The van der Waals surface area contributed by atoms with E-state index in [-0.39, 0.29) is 6.04 Å². The summed E-state index contributed by atoms with van der Waals surface area (Å²) in [6.45, 7) is 2.99. The highest BCUT2D eigenvalue weighted by Gasteiger charge is 2.11. The van der Waals surface area contributed by atoms with Gasteiger partial charge in [-0.15, -0.1) is 0 Å². The van der Waals surface area contributed by atoms with Crippen molar-refractivity contribution in [1.82, 2.24) is 5.32 Å². The van der Waals surface area contributed by atoms with Crippen LogP contribution < -0.4 is 14.8 Å². The SMILES string of the molecule is COc1cccc(-c2cc(CNC(C)c3cccc4ccccc34)ccc2OC)c1. The van der Waals surface area contributed by atoms with E-state index in [1.54, 1.807) is 14.2 Å². The molecule has 0 aliphatic heterocycles. The molecule has 0 aromatic heterocycles. The zero-order valence-corrected chi connectivity index (χ0v) is 17.7. The number of hydrogen-bond donors (Lipinski definition) is 1. The quantitative estimate of drug-likeness (QED) is 0.393. The summed E-state index contributed by atoms with van der Waals surface area (Å²) in [5.41, 5.74) is 4.67. The Balaban J connectivity index is 1.57. The molecule has 1 unspecified atom stereocenters. The number of hydrogen-bond acceptors (Lipinski definition) is 3. The zero-order chi connectivity index (χ0) is 20.9. The van der Waals surface area contributed by atoms with Crippen LogP contribution in [0.2, 0.25) is 0 Å². The molecular formula is C27H27NO2. The molecule has 3 heteroatoms. The fourth-order valence-corrected chi connectivity index (χ4v) is 3.89. The average molecular weight is 398 g/mol. The fourth-order valence-electron chi connectivity index (χ4n) is 3.89. The monoisotopic (exact) mass is 397 g/mol. The van der Waals surface area contributed by atoms with Gasteiger partial charge in [-0.3, -0.25) is 0 Å². The molecule has 0 bridgehead atoms. The molecule has 4 rings (SSSR count). The lowest BCUT2D eigenvalue weighted by Gasteiger charge is -2.18. The van der Waals surface area contributed by atoms with Crippen molar-refractivity contribution in [3.63, 3.8) is 0 Å². The minimum absolute atomic E-state index is 0.235. The minimum Gasteiger partial charge on any atom is -0.497 e. The van der Waals surface area contributed by atoms with Crippen LogP contribution in [0, 0.1) is 0 Å². The Labute approximate surface area is 178 Å². The lowest BCUT2D eigenvalue weighted by atomic mass is 9.99. The van der Waals surface area contributed by atoms with Gasteiger partial charge in [-0.2, -0.15) is 0 Å². The molecule has 0 aliphatic rings. The van der Waals surface area contributed by atoms with Gasteiger partial charge < -0.3 is 14.8 Å². The van der Waals surface area contributed by atoms with Gasteiger partial charge in [0.2, 0.25) is 0 Å². The van der Waals surface area contributed by atoms with E-state index < -0.39 is 0 Å². The van der Waals surface area contributed by atoms with Crippen LogP contribution in [0.15, 0.2) is 84.9 Å². The Bertz CT molecular complexity index is 1150. The fraction of sp³-hybridized carbons (Fsp3) is 0.185. The van der Waals surface area contributed by atoms with Crippen molar-refractivity contribution in [3.8, 4) is 22.6 Å². The van der Waals surface area contributed by atoms with E-state index in [0.29, 0.717) is 0 Å². The van der Waals surface area contributed by atoms with Crippen LogP contribution in [0.4, 0.5) is 0 Å². The lowest BCUT2D eigenvalue weighted by Crippen LogP contribution is -2.18. The molecule has 0 fully saturated rings.